The van der Waals surface area contributed by atoms with Crippen molar-refractivity contribution in [1.82, 2.24) is 15.5 Å². The van der Waals surface area contributed by atoms with E-state index in [4.69, 9.17) is 5.73 Å². The lowest BCUT2D eigenvalue weighted by molar-refractivity contribution is -0.266. The maximum atomic E-state index is 13.3. The van der Waals surface area contributed by atoms with Crippen LogP contribution >= 0.6 is 0 Å². The number of hydrogen-bond donors (Lipinski definition) is 3. The summed E-state index contributed by atoms with van der Waals surface area (Å²) < 4.78 is 0. The van der Waals surface area contributed by atoms with Crippen LogP contribution in [0.5, 0.6) is 0 Å². The third kappa shape index (κ3) is 7.88. The van der Waals surface area contributed by atoms with E-state index in [0.717, 1.165) is 29.4 Å². The average Bonchev–Trinajstić information content (AvgIpc) is 2.74. The van der Waals surface area contributed by atoms with Crippen LogP contribution in [0.3, 0.4) is 0 Å². The zero-order valence-electron chi connectivity index (χ0n) is 19.4. The van der Waals surface area contributed by atoms with Gasteiger partial charge in [-0.1, -0.05) is 58.6 Å². The van der Waals surface area contributed by atoms with Crippen LogP contribution in [0.1, 0.15) is 85.5 Å². The fraction of sp³-hybridized carbons (Fsp3) is 0.818. The molecule has 1 fully saturated rings. The number of hydrazine groups is 1. The minimum atomic E-state index is -0.941. The first-order chi connectivity index (χ1) is 14.7. The monoisotopic (exact) mass is 440 g/mol. The third-order valence-electron chi connectivity index (χ3n) is 6.07. The van der Waals surface area contributed by atoms with E-state index >= 15 is 0 Å². The van der Waals surface area contributed by atoms with Crippen molar-refractivity contribution in [3.63, 3.8) is 0 Å². The lowest BCUT2D eigenvalue weighted by atomic mass is 9.93. The van der Waals surface area contributed by atoms with E-state index in [-0.39, 0.29) is 24.7 Å². The fourth-order valence-electron chi connectivity index (χ4n) is 3.96. The number of Topliss-reactive ketones (excluding diaryl/α,β-unsaturated/α-hetero) is 1. The molecule has 0 saturated carbocycles. The zero-order valence-corrected chi connectivity index (χ0v) is 19.4. The summed E-state index contributed by atoms with van der Waals surface area (Å²) in [6.07, 6.45) is 4.83. The SMILES string of the molecule is CCCCCC(CC(N)=O)C(=O)N1C(C(=O)NC(C(=O)CC)C(C)CC)CCCN1O. The van der Waals surface area contributed by atoms with Crippen LogP contribution in [0.2, 0.25) is 0 Å². The number of ketones is 1. The topological polar surface area (TPSA) is 133 Å². The van der Waals surface area contributed by atoms with Crippen molar-refractivity contribution in [3.8, 4) is 0 Å². The van der Waals surface area contributed by atoms with Gasteiger partial charge in [0.05, 0.1) is 6.04 Å². The van der Waals surface area contributed by atoms with E-state index < -0.39 is 35.7 Å². The van der Waals surface area contributed by atoms with Gasteiger partial charge in [0, 0.05) is 25.3 Å². The van der Waals surface area contributed by atoms with Crippen molar-refractivity contribution in [2.45, 2.75) is 97.6 Å². The summed E-state index contributed by atoms with van der Waals surface area (Å²) in [5.74, 6) is -2.36. The summed E-state index contributed by atoms with van der Waals surface area (Å²) in [5.41, 5.74) is 5.35. The van der Waals surface area contributed by atoms with Gasteiger partial charge in [0.1, 0.15) is 6.04 Å². The summed E-state index contributed by atoms with van der Waals surface area (Å²) in [4.78, 5) is 50.3. The molecule has 0 aliphatic carbocycles. The normalized spacial score (nSPS) is 20.0. The van der Waals surface area contributed by atoms with Crippen LogP contribution < -0.4 is 11.1 Å². The molecular formula is C22H40N4O5. The number of amides is 3. The van der Waals surface area contributed by atoms with Gasteiger partial charge in [-0.25, -0.2) is 5.01 Å². The number of unbranched alkanes of at least 4 members (excludes halogenated alkanes) is 2. The van der Waals surface area contributed by atoms with Gasteiger partial charge in [-0.3, -0.25) is 24.4 Å². The van der Waals surface area contributed by atoms with E-state index in [9.17, 15) is 24.4 Å². The molecule has 4 atom stereocenters. The first-order valence-electron chi connectivity index (χ1n) is 11.6. The van der Waals surface area contributed by atoms with E-state index in [1.54, 1.807) is 6.92 Å². The van der Waals surface area contributed by atoms with Crippen LogP contribution in [0, 0.1) is 11.8 Å². The first kappa shape index (κ1) is 27.0. The third-order valence-corrected chi connectivity index (χ3v) is 6.07. The molecule has 4 unspecified atom stereocenters. The molecule has 0 radical (unpaired) electrons. The van der Waals surface area contributed by atoms with Crippen LogP contribution in [-0.2, 0) is 19.2 Å². The summed E-state index contributed by atoms with van der Waals surface area (Å²) in [6.45, 7) is 7.84. The second-order valence-electron chi connectivity index (χ2n) is 8.49. The van der Waals surface area contributed by atoms with E-state index in [1.165, 1.54) is 0 Å². The average molecular weight is 441 g/mol. The number of rotatable bonds is 13. The molecule has 0 aromatic heterocycles. The van der Waals surface area contributed by atoms with Crippen LogP contribution in [-0.4, -0.2) is 57.5 Å². The highest BCUT2D eigenvalue weighted by atomic mass is 16.6. The molecule has 9 nitrogen and oxygen atoms in total. The number of carbonyl (C=O) groups is 4. The van der Waals surface area contributed by atoms with E-state index in [1.807, 2.05) is 20.8 Å². The Labute approximate surface area is 185 Å². The summed E-state index contributed by atoms with van der Waals surface area (Å²) in [7, 11) is 0. The maximum Gasteiger partial charge on any atom is 0.245 e. The Morgan fingerprint density at radius 3 is 2.39 bits per heavy atom. The van der Waals surface area contributed by atoms with Crippen molar-refractivity contribution >= 4 is 23.5 Å². The molecular weight excluding hydrogens is 400 g/mol. The molecule has 1 saturated heterocycles. The van der Waals surface area contributed by atoms with E-state index in [2.05, 4.69) is 5.32 Å². The molecule has 9 heteroatoms. The summed E-state index contributed by atoms with van der Waals surface area (Å²) >= 11 is 0. The van der Waals surface area contributed by atoms with Crippen LogP contribution in [0.25, 0.3) is 0 Å². The molecule has 1 aliphatic heterocycles. The number of nitrogens with one attached hydrogen (secondary N) is 1. The molecule has 1 aliphatic rings. The standard InChI is InChI=1S/C22H40N4O5/c1-5-8-9-11-16(14-19(23)28)22(30)26-17(12-10-13-25(26)31)21(29)24-20(15(4)6-2)18(27)7-3/h15-17,20,31H,5-14H2,1-4H3,(H2,23,28)(H,24,29). The minimum absolute atomic E-state index is 0.0500. The first-order valence-corrected chi connectivity index (χ1v) is 11.6. The zero-order chi connectivity index (χ0) is 23.6. The molecule has 0 spiro atoms. The highest BCUT2D eigenvalue weighted by Crippen LogP contribution is 2.24. The second kappa shape index (κ2) is 13.4. The quantitative estimate of drug-likeness (QED) is 0.376. The van der Waals surface area contributed by atoms with Crippen molar-refractivity contribution in [3.05, 3.63) is 0 Å². The van der Waals surface area contributed by atoms with Crippen molar-refractivity contribution in [2.75, 3.05) is 6.54 Å². The Morgan fingerprint density at radius 1 is 1.16 bits per heavy atom. The predicted molar refractivity (Wildman–Crippen MR) is 116 cm³/mol. The van der Waals surface area contributed by atoms with E-state index in [0.29, 0.717) is 32.1 Å². The van der Waals surface area contributed by atoms with Crippen LogP contribution in [0.15, 0.2) is 0 Å². The Morgan fingerprint density at radius 2 is 1.84 bits per heavy atom. The van der Waals surface area contributed by atoms with Gasteiger partial charge < -0.3 is 11.1 Å². The highest BCUT2D eigenvalue weighted by Gasteiger charge is 2.41. The van der Waals surface area contributed by atoms with Gasteiger partial charge in [0.2, 0.25) is 17.7 Å². The molecule has 0 aromatic rings. The number of nitrogens with two attached hydrogens (primary N) is 1. The fourth-order valence-corrected chi connectivity index (χ4v) is 3.96. The second-order valence-corrected chi connectivity index (χ2v) is 8.49. The number of carbonyl (C=O) groups excluding carboxylic acids is 4. The molecule has 0 bridgehead atoms. The molecule has 3 amide bonds. The van der Waals surface area contributed by atoms with Gasteiger partial charge in [-0.2, -0.15) is 0 Å². The Bertz CT molecular complexity index is 627. The lowest BCUT2D eigenvalue weighted by Crippen LogP contribution is -2.62. The molecule has 0 aromatic carbocycles. The van der Waals surface area contributed by atoms with Gasteiger partial charge in [-0.05, 0) is 25.2 Å². The van der Waals surface area contributed by atoms with Gasteiger partial charge in [0.15, 0.2) is 5.78 Å². The molecule has 178 valence electrons. The van der Waals surface area contributed by atoms with Crippen LogP contribution in [0.4, 0.5) is 0 Å². The number of nitrogens with zero attached hydrogens (tertiary/aromatic N) is 2. The number of primary amides is 1. The highest BCUT2D eigenvalue weighted by molar-refractivity contribution is 5.93. The molecule has 4 N–H and O–H groups in total. The number of hydrogen-bond acceptors (Lipinski definition) is 6. The Balaban J connectivity index is 3.08. The van der Waals surface area contributed by atoms with Gasteiger partial charge in [0.25, 0.3) is 0 Å². The van der Waals surface area contributed by atoms with Crippen molar-refractivity contribution in [2.24, 2.45) is 17.6 Å². The Kier molecular flexibility index (Phi) is 11.7. The molecule has 31 heavy (non-hydrogen) atoms. The lowest BCUT2D eigenvalue weighted by Gasteiger charge is -2.41. The molecule has 1 heterocycles. The predicted octanol–water partition coefficient (Wildman–Crippen LogP) is 2.17. The Hall–Kier alpha value is -2.00. The maximum absolute atomic E-state index is 13.3. The minimum Gasteiger partial charge on any atom is -0.370 e. The summed E-state index contributed by atoms with van der Waals surface area (Å²) in [5, 5.41) is 15.1. The smallest absolute Gasteiger partial charge is 0.245 e. The largest absolute Gasteiger partial charge is 0.370 e. The summed E-state index contributed by atoms with van der Waals surface area (Å²) in [6, 6.07) is -1.58. The van der Waals surface area contributed by atoms with Crippen molar-refractivity contribution < 1.29 is 24.4 Å². The molecule has 1 rings (SSSR count). The van der Waals surface area contributed by atoms with Gasteiger partial charge >= 0.3 is 0 Å². The number of hydroxylamine groups is 1. The van der Waals surface area contributed by atoms with Gasteiger partial charge in [-0.15, -0.1) is 0 Å². The van der Waals surface area contributed by atoms with Crippen molar-refractivity contribution in [1.29, 1.82) is 0 Å².